The molecule has 1 aromatic rings. The van der Waals surface area contributed by atoms with Crippen molar-refractivity contribution in [3.8, 4) is 0 Å². The van der Waals surface area contributed by atoms with Crippen LogP contribution in [-0.4, -0.2) is 49.8 Å². The summed E-state index contributed by atoms with van der Waals surface area (Å²) in [6, 6.07) is 5.09. The first-order chi connectivity index (χ1) is 9.77. The van der Waals surface area contributed by atoms with Gasteiger partial charge < -0.3 is 5.73 Å². The van der Waals surface area contributed by atoms with E-state index in [1.54, 1.807) is 22.5 Å². The summed E-state index contributed by atoms with van der Waals surface area (Å²) in [5.74, 6) is 0. The first kappa shape index (κ1) is 16.7. The molecule has 21 heavy (non-hydrogen) atoms. The number of rotatable bonds is 3. The summed E-state index contributed by atoms with van der Waals surface area (Å²) in [7, 11) is -1.49. The largest absolute Gasteiger partial charge is 0.326 e. The third kappa shape index (κ3) is 3.24. The van der Waals surface area contributed by atoms with E-state index in [2.05, 4.69) is 4.90 Å². The zero-order valence-corrected chi connectivity index (χ0v) is 14.2. The standard InChI is InChI=1S/C14H22ClN3O2S/c1-10-8-18(9-11(2)17(10)3)21(19,20)13-4-5-14(15)12(6-13)7-16/h4-6,10-11H,7-9,16H2,1-3H3. The third-order valence-corrected chi connectivity index (χ3v) is 6.40. The number of hydrogen-bond donors (Lipinski definition) is 1. The number of halogens is 1. The Labute approximate surface area is 131 Å². The topological polar surface area (TPSA) is 66.6 Å². The average molecular weight is 332 g/mol. The molecule has 0 saturated carbocycles. The van der Waals surface area contributed by atoms with Crippen LogP contribution in [0.4, 0.5) is 0 Å². The van der Waals surface area contributed by atoms with E-state index < -0.39 is 10.0 Å². The van der Waals surface area contributed by atoms with Crippen LogP contribution in [0.2, 0.25) is 5.02 Å². The predicted octanol–water partition coefficient (Wildman–Crippen LogP) is 1.51. The van der Waals surface area contributed by atoms with Gasteiger partial charge in [0, 0.05) is 36.7 Å². The molecule has 1 aliphatic heterocycles. The maximum Gasteiger partial charge on any atom is 0.243 e. The quantitative estimate of drug-likeness (QED) is 0.911. The van der Waals surface area contributed by atoms with Gasteiger partial charge in [0.15, 0.2) is 0 Å². The highest BCUT2D eigenvalue weighted by molar-refractivity contribution is 7.89. The number of piperazine rings is 1. The molecular weight excluding hydrogens is 310 g/mol. The minimum Gasteiger partial charge on any atom is -0.326 e. The normalized spacial score (nSPS) is 25.2. The van der Waals surface area contributed by atoms with Crippen molar-refractivity contribution < 1.29 is 8.42 Å². The Hall–Kier alpha value is -0.660. The predicted molar refractivity (Wildman–Crippen MR) is 84.8 cm³/mol. The molecule has 1 aromatic carbocycles. The van der Waals surface area contributed by atoms with E-state index in [1.165, 1.54) is 0 Å². The molecule has 1 saturated heterocycles. The van der Waals surface area contributed by atoms with Gasteiger partial charge in [-0.3, -0.25) is 4.90 Å². The summed E-state index contributed by atoms with van der Waals surface area (Å²) in [4.78, 5) is 2.45. The summed E-state index contributed by atoms with van der Waals surface area (Å²) < 4.78 is 27.1. The number of hydrogen-bond acceptors (Lipinski definition) is 4. The highest BCUT2D eigenvalue weighted by Crippen LogP contribution is 2.25. The Kier molecular flexibility index (Phi) is 4.95. The summed E-state index contributed by atoms with van der Waals surface area (Å²) >= 11 is 6.00. The zero-order valence-electron chi connectivity index (χ0n) is 12.6. The summed E-state index contributed by atoms with van der Waals surface area (Å²) in [6.07, 6.45) is 0. The van der Waals surface area contributed by atoms with Gasteiger partial charge in [0.05, 0.1) is 4.90 Å². The SMILES string of the molecule is CC1CN(S(=O)(=O)c2ccc(Cl)c(CN)c2)CC(C)N1C. The van der Waals surface area contributed by atoms with Crippen LogP contribution in [0.5, 0.6) is 0 Å². The van der Waals surface area contributed by atoms with Crippen LogP contribution in [0.15, 0.2) is 23.1 Å². The van der Waals surface area contributed by atoms with Gasteiger partial charge >= 0.3 is 0 Å². The van der Waals surface area contributed by atoms with Gasteiger partial charge in [-0.2, -0.15) is 4.31 Å². The molecule has 5 nitrogen and oxygen atoms in total. The first-order valence-corrected chi connectivity index (χ1v) is 8.79. The van der Waals surface area contributed by atoms with Crippen molar-refractivity contribution in [3.05, 3.63) is 28.8 Å². The molecule has 0 aromatic heterocycles. The Morgan fingerprint density at radius 3 is 2.38 bits per heavy atom. The number of nitrogens with zero attached hydrogens (tertiary/aromatic N) is 2. The van der Waals surface area contributed by atoms with Crippen LogP contribution in [-0.2, 0) is 16.6 Å². The number of sulfonamides is 1. The van der Waals surface area contributed by atoms with Gasteiger partial charge in [0.2, 0.25) is 10.0 Å². The molecule has 2 N–H and O–H groups in total. The first-order valence-electron chi connectivity index (χ1n) is 6.98. The molecule has 1 heterocycles. The van der Waals surface area contributed by atoms with Crippen molar-refractivity contribution in [3.63, 3.8) is 0 Å². The van der Waals surface area contributed by atoms with Gasteiger partial charge in [0.1, 0.15) is 0 Å². The van der Waals surface area contributed by atoms with Crippen LogP contribution in [0.25, 0.3) is 0 Å². The van der Waals surface area contributed by atoms with Crippen LogP contribution >= 0.6 is 11.6 Å². The van der Waals surface area contributed by atoms with E-state index in [9.17, 15) is 8.42 Å². The summed E-state index contributed by atoms with van der Waals surface area (Å²) in [6.45, 7) is 5.27. The lowest BCUT2D eigenvalue weighted by Gasteiger charge is -2.41. The Balaban J connectivity index is 2.34. The second kappa shape index (κ2) is 6.22. The van der Waals surface area contributed by atoms with Crippen molar-refractivity contribution >= 4 is 21.6 Å². The summed E-state index contributed by atoms with van der Waals surface area (Å²) in [5.41, 5.74) is 6.25. The van der Waals surface area contributed by atoms with Crippen LogP contribution in [0.3, 0.4) is 0 Å². The Bertz CT molecular complexity index is 609. The number of likely N-dealkylation sites (N-methyl/N-ethyl adjacent to an activating group) is 1. The molecule has 2 unspecified atom stereocenters. The molecule has 0 radical (unpaired) electrons. The zero-order chi connectivity index (χ0) is 15.8. The van der Waals surface area contributed by atoms with Gasteiger partial charge in [0.25, 0.3) is 0 Å². The molecule has 0 aliphatic carbocycles. The van der Waals surface area contributed by atoms with Crippen LogP contribution < -0.4 is 5.73 Å². The molecule has 0 bridgehead atoms. The van der Waals surface area contributed by atoms with E-state index in [1.807, 2.05) is 20.9 Å². The minimum absolute atomic E-state index is 0.185. The Morgan fingerprint density at radius 1 is 1.29 bits per heavy atom. The molecule has 1 aliphatic rings. The highest BCUT2D eigenvalue weighted by Gasteiger charge is 2.34. The van der Waals surface area contributed by atoms with Crippen LogP contribution in [0, 0.1) is 0 Å². The van der Waals surface area contributed by atoms with Crippen molar-refractivity contribution in [2.45, 2.75) is 37.4 Å². The molecular formula is C14H22ClN3O2S. The maximum atomic E-state index is 12.8. The average Bonchev–Trinajstić information content (AvgIpc) is 2.44. The highest BCUT2D eigenvalue weighted by atomic mass is 35.5. The fraction of sp³-hybridized carbons (Fsp3) is 0.571. The number of benzene rings is 1. The van der Waals surface area contributed by atoms with E-state index >= 15 is 0 Å². The molecule has 0 spiro atoms. The second-order valence-corrected chi connectivity index (χ2v) is 7.99. The minimum atomic E-state index is -3.51. The lowest BCUT2D eigenvalue weighted by atomic mass is 10.1. The van der Waals surface area contributed by atoms with E-state index in [0.717, 1.165) is 0 Å². The molecule has 7 heteroatoms. The lowest BCUT2D eigenvalue weighted by molar-refractivity contribution is 0.105. The van der Waals surface area contributed by atoms with Gasteiger partial charge in [-0.25, -0.2) is 8.42 Å². The molecule has 2 rings (SSSR count). The lowest BCUT2D eigenvalue weighted by Crippen LogP contribution is -2.56. The second-order valence-electron chi connectivity index (χ2n) is 5.64. The van der Waals surface area contributed by atoms with Crippen molar-refractivity contribution in [1.82, 2.24) is 9.21 Å². The van der Waals surface area contributed by atoms with Crippen molar-refractivity contribution in [1.29, 1.82) is 0 Å². The molecule has 2 atom stereocenters. The monoisotopic (exact) mass is 331 g/mol. The number of nitrogens with two attached hydrogens (primary N) is 1. The maximum absolute atomic E-state index is 12.8. The Morgan fingerprint density at radius 2 is 1.86 bits per heavy atom. The van der Waals surface area contributed by atoms with E-state index in [4.69, 9.17) is 17.3 Å². The summed E-state index contributed by atoms with van der Waals surface area (Å²) in [5, 5.41) is 0.497. The van der Waals surface area contributed by atoms with E-state index in [-0.39, 0.29) is 23.5 Å². The third-order valence-electron chi connectivity index (χ3n) is 4.20. The fourth-order valence-corrected chi connectivity index (χ4v) is 4.42. The van der Waals surface area contributed by atoms with Gasteiger partial charge in [-0.05, 0) is 44.7 Å². The smallest absolute Gasteiger partial charge is 0.243 e. The van der Waals surface area contributed by atoms with Crippen molar-refractivity contribution in [2.24, 2.45) is 5.73 Å². The molecule has 118 valence electrons. The molecule has 0 amide bonds. The fourth-order valence-electron chi connectivity index (χ4n) is 2.57. The van der Waals surface area contributed by atoms with Gasteiger partial charge in [-0.15, -0.1) is 0 Å². The van der Waals surface area contributed by atoms with Crippen LogP contribution in [0.1, 0.15) is 19.4 Å². The molecule has 1 fully saturated rings. The van der Waals surface area contributed by atoms with Gasteiger partial charge in [-0.1, -0.05) is 11.6 Å². The van der Waals surface area contributed by atoms with Crippen molar-refractivity contribution in [2.75, 3.05) is 20.1 Å². The van der Waals surface area contributed by atoms with E-state index in [0.29, 0.717) is 23.7 Å².